The summed E-state index contributed by atoms with van der Waals surface area (Å²) in [6.45, 7) is 7.61. The third kappa shape index (κ3) is 2.64. The predicted molar refractivity (Wildman–Crippen MR) is 80.1 cm³/mol. The summed E-state index contributed by atoms with van der Waals surface area (Å²) in [7, 11) is 0. The maximum atomic E-state index is 5.73. The highest BCUT2D eigenvalue weighted by molar-refractivity contribution is 7.80. The van der Waals surface area contributed by atoms with E-state index in [1.807, 2.05) is 19.1 Å². The highest BCUT2D eigenvalue weighted by Gasteiger charge is 2.28. The Morgan fingerprint density at radius 3 is 2.83 bits per heavy atom. The average Bonchev–Trinajstić information content (AvgIpc) is 2.76. The van der Waals surface area contributed by atoms with Gasteiger partial charge in [0.2, 0.25) is 0 Å². The van der Waals surface area contributed by atoms with Crippen molar-refractivity contribution in [1.29, 1.82) is 0 Å². The molecule has 1 atom stereocenters. The van der Waals surface area contributed by atoms with Gasteiger partial charge in [0.1, 0.15) is 10.8 Å². The van der Waals surface area contributed by atoms with Crippen LogP contribution in [-0.4, -0.2) is 22.6 Å². The predicted octanol–water partition coefficient (Wildman–Crippen LogP) is 2.65. The molecule has 0 aromatic carbocycles. The van der Waals surface area contributed by atoms with E-state index in [0.717, 1.165) is 23.6 Å². The number of hydrogen-bond donors (Lipinski definition) is 1. The normalized spacial score (nSPS) is 19.6. The zero-order chi connectivity index (χ0) is 13.3. The van der Waals surface area contributed by atoms with E-state index in [1.54, 1.807) is 0 Å². The first-order chi connectivity index (χ1) is 8.49. The molecular weight excluding hydrogens is 242 g/mol. The number of aromatic nitrogens is 1. The van der Waals surface area contributed by atoms with Crippen molar-refractivity contribution in [2.24, 2.45) is 11.7 Å². The second-order valence-corrected chi connectivity index (χ2v) is 5.81. The van der Waals surface area contributed by atoms with Crippen LogP contribution in [0.25, 0.3) is 0 Å². The van der Waals surface area contributed by atoms with Gasteiger partial charge in [-0.05, 0) is 37.8 Å². The number of pyridine rings is 1. The minimum atomic E-state index is 0.446. The highest BCUT2D eigenvalue weighted by atomic mass is 32.1. The van der Waals surface area contributed by atoms with E-state index in [4.69, 9.17) is 18.0 Å². The molecule has 0 saturated carbocycles. The standard InChI is InChI=1S/C14H21N3S/c1-9(2)12-5-4-6-17(12)13-8-11(14(15)18)7-10(3)16-13/h7-9,12H,4-6H2,1-3H3,(H2,15,18). The smallest absolute Gasteiger partial charge is 0.129 e. The number of rotatable bonds is 3. The molecule has 1 aliphatic heterocycles. The van der Waals surface area contributed by atoms with E-state index in [0.29, 0.717) is 16.9 Å². The summed E-state index contributed by atoms with van der Waals surface area (Å²) in [5, 5.41) is 0. The molecule has 2 rings (SSSR count). The fraction of sp³-hybridized carbons (Fsp3) is 0.571. The number of aryl methyl sites for hydroxylation is 1. The van der Waals surface area contributed by atoms with Crippen LogP contribution in [0.4, 0.5) is 5.82 Å². The molecule has 18 heavy (non-hydrogen) atoms. The first-order valence-corrected chi connectivity index (χ1v) is 6.95. The Labute approximate surface area is 114 Å². The Morgan fingerprint density at radius 1 is 1.50 bits per heavy atom. The first kappa shape index (κ1) is 13.3. The second-order valence-electron chi connectivity index (χ2n) is 5.37. The van der Waals surface area contributed by atoms with Gasteiger partial charge >= 0.3 is 0 Å². The van der Waals surface area contributed by atoms with Crippen LogP contribution in [0.3, 0.4) is 0 Å². The Balaban J connectivity index is 2.35. The lowest BCUT2D eigenvalue weighted by Gasteiger charge is -2.29. The van der Waals surface area contributed by atoms with E-state index in [9.17, 15) is 0 Å². The van der Waals surface area contributed by atoms with Gasteiger partial charge in [0.05, 0.1) is 0 Å². The number of hydrogen-bond acceptors (Lipinski definition) is 3. The zero-order valence-electron chi connectivity index (χ0n) is 11.3. The molecule has 1 fully saturated rings. The van der Waals surface area contributed by atoms with Gasteiger partial charge in [-0.2, -0.15) is 0 Å². The van der Waals surface area contributed by atoms with Gasteiger partial charge in [0.25, 0.3) is 0 Å². The van der Waals surface area contributed by atoms with Gasteiger partial charge in [-0.15, -0.1) is 0 Å². The quantitative estimate of drug-likeness (QED) is 0.851. The molecule has 2 N–H and O–H groups in total. The maximum Gasteiger partial charge on any atom is 0.129 e. The monoisotopic (exact) mass is 263 g/mol. The highest BCUT2D eigenvalue weighted by Crippen LogP contribution is 2.29. The number of nitrogens with two attached hydrogens (primary N) is 1. The lowest BCUT2D eigenvalue weighted by atomic mass is 10.0. The fourth-order valence-corrected chi connectivity index (χ4v) is 2.83. The second kappa shape index (κ2) is 5.22. The van der Waals surface area contributed by atoms with E-state index < -0.39 is 0 Å². The Hall–Kier alpha value is -1.16. The van der Waals surface area contributed by atoms with Gasteiger partial charge in [0.15, 0.2) is 0 Å². The Kier molecular flexibility index (Phi) is 3.85. The van der Waals surface area contributed by atoms with Gasteiger partial charge in [-0.3, -0.25) is 0 Å². The molecule has 2 heterocycles. The van der Waals surface area contributed by atoms with E-state index in [-0.39, 0.29) is 0 Å². The maximum absolute atomic E-state index is 5.73. The molecule has 0 bridgehead atoms. The fourth-order valence-electron chi connectivity index (χ4n) is 2.71. The molecule has 98 valence electrons. The summed E-state index contributed by atoms with van der Waals surface area (Å²) in [5.74, 6) is 1.66. The topological polar surface area (TPSA) is 42.1 Å². The van der Waals surface area contributed by atoms with Crippen molar-refractivity contribution in [1.82, 2.24) is 4.98 Å². The summed E-state index contributed by atoms with van der Waals surface area (Å²) >= 11 is 5.07. The van der Waals surface area contributed by atoms with Crippen LogP contribution in [0.15, 0.2) is 12.1 Å². The van der Waals surface area contributed by atoms with Crippen molar-refractivity contribution in [3.63, 3.8) is 0 Å². The van der Waals surface area contributed by atoms with Crippen LogP contribution in [0, 0.1) is 12.8 Å². The van der Waals surface area contributed by atoms with Crippen LogP contribution in [0.5, 0.6) is 0 Å². The van der Waals surface area contributed by atoms with Gasteiger partial charge in [-0.25, -0.2) is 4.98 Å². The minimum Gasteiger partial charge on any atom is -0.389 e. The molecule has 4 heteroatoms. The lowest BCUT2D eigenvalue weighted by Crippen LogP contribution is -2.34. The molecule has 0 spiro atoms. The van der Waals surface area contributed by atoms with Crippen molar-refractivity contribution in [3.05, 3.63) is 23.4 Å². The molecule has 1 aromatic rings. The van der Waals surface area contributed by atoms with Crippen molar-refractivity contribution in [2.75, 3.05) is 11.4 Å². The molecule has 0 amide bonds. The molecular formula is C14H21N3S. The van der Waals surface area contributed by atoms with Crippen molar-refractivity contribution in [3.8, 4) is 0 Å². The SMILES string of the molecule is Cc1cc(C(N)=S)cc(N2CCCC2C(C)C)n1. The van der Waals surface area contributed by atoms with Gasteiger partial charge < -0.3 is 10.6 Å². The largest absolute Gasteiger partial charge is 0.389 e. The molecule has 1 aliphatic rings. The van der Waals surface area contributed by atoms with Crippen molar-refractivity contribution >= 4 is 23.0 Å². The van der Waals surface area contributed by atoms with Crippen LogP contribution < -0.4 is 10.6 Å². The summed E-state index contributed by atoms with van der Waals surface area (Å²) in [4.78, 5) is 7.49. The van der Waals surface area contributed by atoms with Crippen LogP contribution in [0.1, 0.15) is 37.9 Å². The number of nitrogens with zero attached hydrogens (tertiary/aromatic N) is 2. The molecule has 0 radical (unpaired) electrons. The first-order valence-electron chi connectivity index (χ1n) is 6.54. The van der Waals surface area contributed by atoms with Gasteiger partial charge in [0, 0.05) is 23.8 Å². The van der Waals surface area contributed by atoms with E-state index >= 15 is 0 Å². The molecule has 0 aliphatic carbocycles. The zero-order valence-corrected chi connectivity index (χ0v) is 12.1. The van der Waals surface area contributed by atoms with Crippen LogP contribution in [-0.2, 0) is 0 Å². The molecule has 1 aromatic heterocycles. The third-order valence-electron chi connectivity index (χ3n) is 3.59. The summed E-state index contributed by atoms with van der Waals surface area (Å²) in [6, 6.07) is 4.56. The summed E-state index contributed by atoms with van der Waals surface area (Å²) in [6.07, 6.45) is 2.48. The van der Waals surface area contributed by atoms with Crippen LogP contribution >= 0.6 is 12.2 Å². The Bertz CT molecular complexity index is 456. The molecule has 1 saturated heterocycles. The van der Waals surface area contributed by atoms with Crippen LogP contribution in [0.2, 0.25) is 0 Å². The van der Waals surface area contributed by atoms with E-state index in [1.165, 1.54) is 12.8 Å². The minimum absolute atomic E-state index is 0.446. The molecule has 3 nitrogen and oxygen atoms in total. The van der Waals surface area contributed by atoms with Crippen molar-refractivity contribution in [2.45, 2.75) is 39.7 Å². The van der Waals surface area contributed by atoms with Gasteiger partial charge in [-0.1, -0.05) is 26.1 Å². The summed E-state index contributed by atoms with van der Waals surface area (Å²) < 4.78 is 0. The van der Waals surface area contributed by atoms with E-state index in [2.05, 4.69) is 23.7 Å². The average molecular weight is 263 g/mol. The lowest BCUT2D eigenvalue weighted by molar-refractivity contribution is 0.489. The third-order valence-corrected chi connectivity index (χ3v) is 3.82. The molecule has 1 unspecified atom stereocenters. The Morgan fingerprint density at radius 2 is 2.22 bits per heavy atom. The summed E-state index contributed by atoms with van der Waals surface area (Å²) in [5.41, 5.74) is 7.62. The van der Waals surface area contributed by atoms with Crippen molar-refractivity contribution < 1.29 is 0 Å². The number of anilines is 1. The number of thiocarbonyl (C=S) groups is 1.